The highest BCUT2D eigenvalue weighted by Crippen LogP contribution is 2.19. The van der Waals surface area contributed by atoms with Gasteiger partial charge in [-0.15, -0.1) is 0 Å². The van der Waals surface area contributed by atoms with Crippen LogP contribution in [0.15, 0.2) is 30.3 Å². The van der Waals surface area contributed by atoms with E-state index in [1.54, 1.807) is 0 Å². The van der Waals surface area contributed by atoms with E-state index in [2.05, 4.69) is 4.72 Å². The number of thiocarbonyl (C=S) groups is 1. The molecule has 80 valence electrons. The average Bonchev–Trinajstić information content (AvgIpc) is 2.18. The first kappa shape index (κ1) is 11.6. The summed E-state index contributed by atoms with van der Waals surface area (Å²) in [6.45, 7) is 0. The second-order valence-corrected chi connectivity index (χ2v) is 3.70. The van der Waals surface area contributed by atoms with Crippen LogP contribution in [-0.2, 0) is 0 Å². The fraction of sp³-hybridized carbons (Fsp3) is 0. The lowest BCUT2D eigenvalue weighted by molar-refractivity contribution is 0.254. The summed E-state index contributed by atoms with van der Waals surface area (Å²) in [6, 6.07) is 8.52. The molecule has 0 aromatic heterocycles. The van der Waals surface area contributed by atoms with E-state index in [0.29, 0.717) is 0 Å². The number of nitrogens with one attached hydrogen (secondary N) is 1. The predicted octanol–water partition coefficient (Wildman–Crippen LogP) is 0.968. The number of nitrogens with zero attached hydrogens (tertiary/aromatic N) is 1. The third kappa shape index (κ3) is 3.64. The van der Waals surface area contributed by atoms with Crippen LogP contribution < -0.4 is 20.5 Å². The maximum Gasteiger partial charge on any atom is 0.323 e. The number of benzene rings is 1. The largest absolute Gasteiger partial charge is 0.375 e. The van der Waals surface area contributed by atoms with Crippen LogP contribution in [0.2, 0.25) is 0 Å². The molecule has 5 nitrogen and oxygen atoms in total. The van der Waals surface area contributed by atoms with Gasteiger partial charge in [-0.2, -0.15) is 0 Å². The van der Waals surface area contributed by atoms with Crippen molar-refractivity contribution < 1.29 is 4.79 Å². The van der Waals surface area contributed by atoms with Crippen molar-refractivity contribution in [2.45, 2.75) is 0 Å². The zero-order valence-electron chi connectivity index (χ0n) is 7.71. The van der Waals surface area contributed by atoms with Crippen molar-refractivity contribution in [1.29, 1.82) is 0 Å². The Hall–Kier alpha value is -1.47. The van der Waals surface area contributed by atoms with Crippen LogP contribution in [0.5, 0.6) is 0 Å². The van der Waals surface area contributed by atoms with Crippen LogP contribution in [-0.4, -0.2) is 11.1 Å². The number of nitrogens with two attached hydrogens (primary N) is 2. The van der Waals surface area contributed by atoms with Gasteiger partial charge in [0.2, 0.25) is 0 Å². The minimum atomic E-state index is -0.655. The van der Waals surface area contributed by atoms with Gasteiger partial charge in [0.25, 0.3) is 0 Å². The van der Waals surface area contributed by atoms with Gasteiger partial charge in [-0.25, -0.2) is 9.10 Å². The van der Waals surface area contributed by atoms with Crippen molar-refractivity contribution in [1.82, 2.24) is 4.72 Å². The molecule has 0 bridgehead atoms. The third-order valence-electron chi connectivity index (χ3n) is 1.43. The smallest absolute Gasteiger partial charge is 0.323 e. The molecule has 5 N–H and O–H groups in total. The Labute approximate surface area is 97.1 Å². The highest BCUT2D eigenvalue weighted by atomic mass is 32.2. The number of carbonyl (C=O) groups is 1. The van der Waals surface area contributed by atoms with Gasteiger partial charge in [0.15, 0.2) is 5.11 Å². The van der Waals surface area contributed by atoms with E-state index in [0.717, 1.165) is 17.8 Å². The maximum absolute atomic E-state index is 10.5. The first-order valence-electron chi connectivity index (χ1n) is 3.98. The lowest BCUT2D eigenvalue weighted by Gasteiger charge is -2.20. The summed E-state index contributed by atoms with van der Waals surface area (Å²) >= 11 is 5.78. The monoisotopic (exact) mass is 242 g/mol. The summed E-state index contributed by atoms with van der Waals surface area (Å²) < 4.78 is 3.83. The standard InChI is InChI=1S/C8H10N4OS2/c9-7(13)11-15-12(8(10)14)6-4-2-1-3-5-6/h1-5H,(H2,10,14)(H3,9,11,13). The highest BCUT2D eigenvalue weighted by molar-refractivity contribution is 8.01. The Morgan fingerprint density at radius 1 is 1.33 bits per heavy atom. The van der Waals surface area contributed by atoms with Gasteiger partial charge in [-0.05, 0) is 24.4 Å². The number of urea groups is 1. The fourth-order valence-electron chi connectivity index (χ4n) is 0.879. The summed E-state index contributed by atoms with van der Waals surface area (Å²) in [5.41, 5.74) is 11.2. The zero-order valence-corrected chi connectivity index (χ0v) is 9.35. The van der Waals surface area contributed by atoms with Crippen LogP contribution >= 0.6 is 24.4 Å². The second-order valence-electron chi connectivity index (χ2n) is 2.53. The zero-order chi connectivity index (χ0) is 11.3. The number of rotatable bonds is 3. The molecule has 0 saturated heterocycles. The number of anilines is 1. The number of hydrogen-bond acceptors (Lipinski definition) is 3. The van der Waals surface area contributed by atoms with E-state index in [9.17, 15) is 4.79 Å². The summed E-state index contributed by atoms with van der Waals surface area (Å²) in [6.07, 6.45) is 0. The first-order chi connectivity index (χ1) is 7.11. The highest BCUT2D eigenvalue weighted by Gasteiger charge is 2.10. The number of amides is 2. The Bertz CT molecular complexity index is 357. The van der Waals surface area contributed by atoms with Crippen molar-refractivity contribution in [3.63, 3.8) is 0 Å². The molecule has 0 aliphatic heterocycles. The summed E-state index contributed by atoms with van der Waals surface area (Å²) in [7, 11) is 0. The van der Waals surface area contributed by atoms with Gasteiger partial charge in [0.1, 0.15) is 0 Å². The lowest BCUT2D eigenvalue weighted by Crippen LogP contribution is -2.35. The van der Waals surface area contributed by atoms with Crippen molar-refractivity contribution in [2.24, 2.45) is 11.5 Å². The molecule has 2 amide bonds. The molecule has 7 heteroatoms. The van der Waals surface area contributed by atoms with Gasteiger partial charge < -0.3 is 11.5 Å². The molecule has 15 heavy (non-hydrogen) atoms. The lowest BCUT2D eigenvalue weighted by atomic mass is 10.3. The molecule has 1 aromatic rings. The molecule has 0 fully saturated rings. The Kier molecular flexibility index (Phi) is 4.19. The molecule has 1 rings (SSSR count). The van der Waals surface area contributed by atoms with E-state index in [1.807, 2.05) is 30.3 Å². The molecule has 0 atom stereocenters. The normalized spacial score (nSPS) is 9.33. The molecular formula is C8H10N4OS2. The Morgan fingerprint density at radius 2 is 1.93 bits per heavy atom. The van der Waals surface area contributed by atoms with Crippen LogP contribution in [0, 0.1) is 0 Å². The minimum absolute atomic E-state index is 0.139. The molecule has 0 heterocycles. The number of primary amides is 1. The SMILES string of the molecule is NC(=O)NSN(C(N)=S)c1ccccc1. The van der Waals surface area contributed by atoms with E-state index in [-0.39, 0.29) is 5.11 Å². The van der Waals surface area contributed by atoms with Crippen molar-refractivity contribution >= 4 is 41.2 Å². The minimum Gasteiger partial charge on any atom is -0.375 e. The third-order valence-corrected chi connectivity index (χ3v) is 2.61. The molecule has 0 saturated carbocycles. The van der Waals surface area contributed by atoms with Gasteiger partial charge in [-0.1, -0.05) is 18.2 Å². The average molecular weight is 242 g/mol. The van der Waals surface area contributed by atoms with Crippen molar-refractivity contribution in [2.75, 3.05) is 4.31 Å². The molecule has 0 aliphatic rings. The van der Waals surface area contributed by atoms with Crippen molar-refractivity contribution in [3.8, 4) is 0 Å². The number of hydrogen-bond donors (Lipinski definition) is 3. The topological polar surface area (TPSA) is 84.4 Å². The van der Waals surface area contributed by atoms with Gasteiger partial charge in [0, 0.05) is 0 Å². The molecule has 0 radical (unpaired) electrons. The van der Waals surface area contributed by atoms with Crippen LogP contribution in [0.25, 0.3) is 0 Å². The quantitative estimate of drug-likeness (QED) is 0.543. The van der Waals surface area contributed by atoms with E-state index >= 15 is 0 Å². The van der Waals surface area contributed by atoms with Gasteiger partial charge in [-0.3, -0.25) is 4.72 Å². The Balaban J connectivity index is 2.75. The maximum atomic E-state index is 10.5. The molecule has 1 aromatic carbocycles. The van der Waals surface area contributed by atoms with E-state index < -0.39 is 6.03 Å². The fourth-order valence-corrected chi connectivity index (χ4v) is 1.59. The van der Waals surface area contributed by atoms with E-state index in [1.165, 1.54) is 4.31 Å². The van der Waals surface area contributed by atoms with Crippen molar-refractivity contribution in [3.05, 3.63) is 30.3 Å². The molecule has 0 spiro atoms. The van der Waals surface area contributed by atoms with E-state index in [4.69, 9.17) is 23.7 Å². The Morgan fingerprint density at radius 3 is 2.40 bits per heavy atom. The second kappa shape index (κ2) is 5.42. The van der Waals surface area contributed by atoms with Gasteiger partial charge in [0.05, 0.1) is 17.8 Å². The van der Waals surface area contributed by atoms with Crippen LogP contribution in [0.1, 0.15) is 0 Å². The summed E-state index contributed by atoms with van der Waals surface area (Å²) in [4.78, 5) is 10.5. The number of para-hydroxylation sites is 1. The van der Waals surface area contributed by atoms with Crippen LogP contribution in [0.4, 0.5) is 10.5 Å². The summed E-state index contributed by atoms with van der Waals surface area (Å²) in [5.74, 6) is 0. The molecule has 0 unspecified atom stereocenters. The van der Waals surface area contributed by atoms with Gasteiger partial charge >= 0.3 is 6.03 Å². The summed E-state index contributed by atoms with van der Waals surface area (Å²) in [5, 5.41) is 0.139. The van der Waals surface area contributed by atoms with Crippen LogP contribution in [0.3, 0.4) is 0 Å². The number of carbonyl (C=O) groups excluding carboxylic acids is 1. The molecular weight excluding hydrogens is 232 g/mol. The molecule has 0 aliphatic carbocycles. The first-order valence-corrected chi connectivity index (χ1v) is 5.16. The predicted molar refractivity (Wildman–Crippen MR) is 66.0 cm³/mol.